The Balaban J connectivity index is 2.41. The Morgan fingerprint density at radius 3 is 2.76 bits per heavy atom. The van der Waals surface area contributed by atoms with Crippen molar-refractivity contribution in [2.45, 2.75) is 13.3 Å². The smallest absolute Gasteiger partial charge is 0.227 e. The fraction of sp³-hybridized carbons (Fsp3) is 0.214. The first-order chi connectivity index (χ1) is 10.2. The van der Waals surface area contributed by atoms with Gasteiger partial charge in [-0.05, 0) is 18.6 Å². The first kappa shape index (κ1) is 14.6. The number of nitrogen functional groups attached to an aromatic ring is 1. The fourth-order valence-electron chi connectivity index (χ4n) is 1.85. The summed E-state index contributed by atoms with van der Waals surface area (Å²) in [5.74, 6) is 7.25. The lowest BCUT2D eigenvalue weighted by atomic mass is 10.2. The second kappa shape index (κ2) is 6.54. The number of nitriles is 1. The van der Waals surface area contributed by atoms with Crippen LogP contribution in [0, 0.1) is 11.3 Å². The fourth-order valence-corrected chi connectivity index (χ4v) is 1.85. The zero-order chi connectivity index (χ0) is 15.2. The molecule has 3 N–H and O–H groups in total. The quantitative estimate of drug-likeness (QED) is 0.639. The third-order valence-corrected chi connectivity index (χ3v) is 2.90. The average Bonchev–Trinajstić information content (AvgIpc) is 2.54. The van der Waals surface area contributed by atoms with Gasteiger partial charge in [-0.1, -0.05) is 6.92 Å². The Kier molecular flexibility index (Phi) is 4.53. The summed E-state index contributed by atoms with van der Waals surface area (Å²) in [6.07, 6.45) is 2.01. The van der Waals surface area contributed by atoms with Gasteiger partial charge in [0.1, 0.15) is 12.1 Å². The first-order valence-corrected chi connectivity index (χ1v) is 6.30. The molecule has 2 rings (SSSR count). The van der Waals surface area contributed by atoms with Crippen molar-refractivity contribution in [2.75, 3.05) is 12.5 Å². The molecule has 0 aliphatic rings. The highest BCUT2D eigenvalue weighted by atomic mass is 16.5. The van der Waals surface area contributed by atoms with Crippen LogP contribution in [0.2, 0.25) is 0 Å². The molecule has 0 aliphatic carbocycles. The maximum atomic E-state index is 8.90. The van der Waals surface area contributed by atoms with E-state index in [1.54, 1.807) is 18.2 Å². The Hall–Kier alpha value is -2.85. The summed E-state index contributed by atoms with van der Waals surface area (Å²) in [7, 11) is 1.51. The summed E-state index contributed by atoms with van der Waals surface area (Å²) in [4.78, 5) is 8.16. The van der Waals surface area contributed by atoms with E-state index in [9.17, 15) is 0 Å². The molecule has 21 heavy (non-hydrogen) atoms. The van der Waals surface area contributed by atoms with Gasteiger partial charge in [-0.15, -0.1) is 0 Å². The van der Waals surface area contributed by atoms with Gasteiger partial charge in [-0.25, -0.2) is 15.8 Å². The van der Waals surface area contributed by atoms with Gasteiger partial charge in [0, 0.05) is 6.07 Å². The lowest BCUT2D eigenvalue weighted by Gasteiger charge is -2.13. The van der Waals surface area contributed by atoms with Gasteiger partial charge in [-0.2, -0.15) is 5.26 Å². The molecule has 1 aromatic heterocycles. The maximum absolute atomic E-state index is 8.90. The number of benzene rings is 1. The summed E-state index contributed by atoms with van der Waals surface area (Å²) in [6.45, 7) is 1.95. The SMILES string of the molecule is CCc1c(NN)ncnc1Oc1ccc(C#N)cc1OC. The van der Waals surface area contributed by atoms with Crippen molar-refractivity contribution in [3.05, 3.63) is 35.7 Å². The van der Waals surface area contributed by atoms with E-state index in [1.165, 1.54) is 13.4 Å². The minimum absolute atomic E-state index is 0.392. The van der Waals surface area contributed by atoms with Crippen molar-refractivity contribution in [2.24, 2.45) is 5.84 Å². The monoisotopic (exact) mass is 285 g/mol. The number of ether oxygens (including phenoxy) is 2. The van der Waals surface area contributed by atoms with Crippen molar-refractivity contribution >= 4 is 5.82 Å². The molecule has 0 saturated carbocycles. The van der Waals surface area contributed by atoms with E-state index in [0.717, 1.165) is 5.56 Å². The minimum atomic E-state index is 0.392. The van der Waals surface area contributed by atoms with Gasteiger partial charge < -0.3 is 14.9 Å². The van der Waals surface area contributed by atoms with Gasteiger partial charge in [0.15, 0.2) is 11.5 Å². The van der Waals surface area contributed by atoms with Gasteiger partial charge in [0.2, 0.25) is 5.88 Å². The highest BCUT2D eigenvalue weighted by Crippen LogP contribution is 2.34. The summed E-state index contributed by atoms with van der Waals surface area (Å²) < 4.78 is 11.0. The average molecular weight is 285 g/mol. The highest BCUT2D eigenvalue weighted by Gasteiger charge is 2.14. The van der Waals surface area contributed by atoms with E-state index in [0.29, 0.717) is 35.2 Å². The number of methoxy groups -OCH3 is 1. The first-order valence-electron chi connectivity index (χ1n) is 6.30. The van der Waals surface area contributed by atoms with Gasteiger partial charge in [0.25, 0.3) is 0 Å². The zero-order valence-corrected chi connectivity index (χ0v) is 11.8. The number of aromatic nitrogens is 2. The number of nitrogens with two attached hydrogens (primary N) is 1. The molecule has 0 radical (unpaired) electrons. The van der Waals surface area contributed by atoms with Crippen LogP contribution in [-0.4, -0.2) is 17.1 Å². The van der Waals surface area contributed by atoms with Crippen LogP contribution in [0.3, 0.4) is 0 Å². The van der Waals surface area contributed by atoms with Crippen LogP contribution in [-0.2, 0) is 6.42 Å². The molecule has 108 valence electrons. The number of nitrogens with zero attached hydrogens (tertiary/aromatic N) is 3. The number of hydrogen-bond acceptors (Lipinski definition) is 7. The molecule has 1 heterocycles. The molecule has 0 fully saturated rings. The second-order valence-electron chi connectivity index (χ2n) is 4.08. The Morgan fingerprint density at radius 1 is 1.33 bits per heavy atom. The van der Waals surface area contributed by atoms with E-state index in [4.69, 9.17) is 20.6 Å². The van der Waals surface area contributed by atoms with Crippen molar-refractivity contribution in [1.29, 1.82) is 5.26 Å². The summed E-state index contributed by atoms with van der Waals surface area (Å²) >= 11 is 0. The largest absolute Gasteiger partial charge is 0.493 e. The molecule has 1 aromatic carbocycles. The minimum Gasteiger partial charge on any atom is -0.493 e. The molecule has 0 unspecified atom stereocenters. The Morgan fingerprint density at radius 2 is 2.14 bits per heavy atom. The van der Waals surface area contributed by atoms with Gasteiger partial charge >= 0.3 is 0 Å². The van der Waals surface area contributed by atoms with E-state index < -0.39 is 0 Å². The van der Waals surface area contributed by atoms with Crippen LogP contribution < -0.4 is 20.7 Å². The lowest BCUT2D eigenvalue weighted by molar-refractivity contribution is 0.372. The van der Waals surface area contributed by atoms with Crippen molar-refractivity contribution in [3.63, 3.8) is 0 Å². The number of hydrogen-bond donors (Lipinski definition) is 2. The van der Waals surface area contributed by atoms with Crippen molar-refractivity contribution in [1.82, 2.24) is 9.97 Å². The molecule has 0 amide bonds. The molecule has 0 aliphatic heterocycles. The van der Waals surface area contributed by atoms with Gasteiger partial charge in [-0.3, -0.25) is 0 Å². The third kappa shape index (κ3) is 3.01. The van der Waals surface area contributed by atoms with Crippen LogP contribution in [0.5, 0.6) is 17.4 Å². The van der Waals surface area contributed by atoms with Crippen LogP contribution in [0.1, 0.15) is 18.1 Å². The molecule has 0 spiro atoms. The molecule has 7 heteroatoms. The maximum Gasteiger partial charge on any atom is 0.227 e. The standard InChI is InChI=1S/C14H15N5O2/c1-3-10-13(19-16)17-8-18-14(10)21-11-5-4-9(7-15)6-12(11)20-2/h4-6,8H,3,16H2,1-2H3,(H,17,18,19). The van der Waals surface area contributed by atoms with Crippen molar-refractivity contribution in [3.8, 4) is 23.4 Å². The summed E-state index contributed by atoms with van der Waals surface area (Å²) in [5, 5.41) is 8.90. The molecule has 0 saturated heterocycles. The molecular weight excluding hydrogens is 270 g/mol. The van der Waals surface area contributed by atoms with Crippen LogP contribution in [0.4, 0.5) is 5.82 Å². The second-order valence-corrected chi connectivity index (χ2v) is 4.08. The summed E-state index contributed by atoms with van der Waals surface area (Å²) in [5.41, 5.74) is 3.76. The molecule has 7 nitrogen and oxygen atoms in total. The number of rotatable bonds is 5. The van der Waals surface area contributed by atoms with Crippen LogP contribution in [0.15, 0.2) is 24.5 Å². The third-order valence-electron chi connectivity index (χ3n) is 2.90. The molecular formula is C14H15N5O2. The topological polar surface area (TPSA) is 106 Å². The predicted molar refractivity (Wildman–Crippen MR) is 77.0 cm³/mol. The van der Waals surface area contributed by atoms with E-state index in [2.05, 4.69) is 15.4 Å². The van der Waals surface area contributed by atoms with Crippen LogP contribution in [0.25, 0.3) is 0 Å². The zero-order valence-electron chi connectivity index (χ0n) is 11.8. The lowest BCUT2D eigenvalue weighted by Crippen LogP contribution is -2.12. The van der Waals surface area contributed by atoms with E-state index in [1.807, 2.05) is 13.0 Å². The highest BCUT2D eigenvalue weighted by molar-refractivity contribution is 5.52. The Bertz CT molecular complexity index is 682. The van der Waals surface area contributed by atoms with E-state index in [-0.39, 0.29) is 0 Å². The molecule has 2 aromatic rings. The van der Waals surface area contributed by atoms with Crippen LogP contribution >= 0.6 is 0 Å². The molecule has 0 atom stereocenters. The number of hydrazine groups is 1. The Labute approximate surface area is 122 Å². The normalized spacial score (nSPS) is 9.81. The predicted octanol–water partition coefficient (Wildman–Crippen LogP) is 2.00. The number of anilines is 1. The van der Waals surface area contributed by atoms with E-state index >= 15 is 0 Å². The van der Waals surface area contributed by atoms with Crippen molar-refractivity contribution < 1.29 is 9.47 Å². The van der Waals surface area contributed by atoms with Gasteiger partial charge in [0.05, 0.1) is 24.3 Å². The molecule has 0 bridgehead atoms. The number of nitrogens with one attached hydrogen (secondary N) is 1. The summed E-state index contributed by atoms with van der Waals surface area (Å²) in [6, 6.07) is 6.95.